The third kappa shape index (κ3) is 5.31. The molecule has 0 saturated carbocycles. The number of aliphatic imine (C=N–C) groups is 1. The molecule has 2 N–H and O–H groups in total. The van der Waals surface area contributed by atoms with E-state index >= 15 is 0 Å². The summed E-state index contributed by atoms with van der Waals surface area (Å²) in [6.07, 6.45) is 6.57. The van der Waals surface area contributed by atoms with Gasteiger partial charge in [-0.05, 0) is 19.8 Å². The fourth-order valence-corrected chi connectivity index (χ4v) is 3.25. The van der Waals surface area contributed by atoms with Crippen LogP contribution >= 0.6 is 35.3 Å². The van der Waals surface area contributed by atoms with E-state index in [-0.39, 0.29) is 24.0 Å². The molecule has 128 valence electrons. The second-order valence-electron chi connectivity index (χ2n) is 5.47. The summed E-state index contributed by atoms with van der Waals surface area (Å²) >= 11 is 1.66. The highest BCUT2D eigenvalue weighted by Crippen LogP contribution is 2.21. The van der Waals surface area contributed by atoms with Gasteiger partial charge in [-0.2, -0.15) is 0 Å². The Hall–Kier alpha value is -1.41. The van der Waals surface area contributed by atoms with Crippen LogP contribution in [0.5, 0.6) is 0 Å². The number of hydrogen-bond donors (Lipinski definition) is 2. The molecule has 2 aromatic rings. The van der Waals surface area contributed by atoms with Gasteiger partial charge in [-0.15, -0.1) is 35.3 Å². The Morgan fingerprint density at radius 2 is 2.00 bits per heavy atom. The van der Waals surface area contributed by atoms with Crippen molar-refractivity contribution in [1.29, 1.82) is 0 Å². The van der Waals surface area contributed by atoms with Crippen molar-refractivity contribution in [2.45, 2.75) is 32.4 Å². The van der Waals surface area contributed by atoms with Crippen LogP contribution in [0, 0.1) is 0 Å². The molecule has 1 aromatic carbocycles. The molecule has 1 heterocycles. The van der Waals surface area contributed by atoms with Gasteiger partial charge in [0.2, 0.25) is 0 Å². The molecule has 1 aromatic heterocycles. The summed E-state index contributed by atoms with van der Waals surface area (Å²) in [7, 11) is 0. The molecule has 6 heteroatoms. The van der Waals surface area contributed by atoms with Gasteiger partial charge >= 0.3 is 0 Å². The predicted molar refractivity (Wildman–Crippen MR) is 113 cm³/mol. The van der Waals surface area contributed by atoms with Gasteiger partial charge in [0.05, 0.1) is 12.2 Å². The van der Waals surface area contributed by atoms with E-state index in [2.05, 4.69) is 57.2 Å². The molecule has 0 unspecified atom stereocenters. The van der Waals surface area contributed by atoms with Crippen molar-refractivity contribution in [1.82, 2.24) is 15.6 Å². The maximum absolute atomic E-state index is 4.69. The normalized spacial score (nSPS) is 14.5. The van der Waals surface area contributed by atoms with Crippen molar-refractivity contribution in [2.75, 3.05) is 6.54 Å². The number of hydrogen-bond acceptors (Lipinski definition) is 3. The molecule has 3 rings (SSSR count). The smallest absolute Gasteiger partial charge is 0.191 e. The van der Waals surface area contributed by atoms with E-state index in [0.717, 1.165) is 41.6 Å². The van der Waals surface area contributed by atoms with Crippen LogP contribution < -0.4 is 10.6 Å². The summed E-state index contributed by atoms with van der Waals surface area (Å²) in [6.45, 7) is 3.55. The Balaban J connectivity index is 0.00000208. The van der Waals surface area contributed by atoms with E-state index in [1.54, 1.807) is 11.3 Å². The zero-order valence-electron chi connectivity index (χ0n) is 13.7. The number of benzene rings is 1. The lowest BCUT2D eigenvalue weighted by Gasteiger charge is -2.16. The van der Waals surface area contributed by atoms with Crippen LogP contribution in [0.3, 0.4) is 0 Å². The molecule has 0 spiro atoms. The summed E-state index contributed by atoms with van der Waals surface area (Å²) in [5, 5.41) is 9.92. The van der Waals surface area contributed by atoms with Crippen LogP contribution in [0.25, 0.3) is 11.3 Å². The first-order valence-corrected chi connectivity index (χ1v) is 8.93. The Morgan fingerprint density at radius 1 is 1.25 bits per heavy atom. The SMILES string of the molecule is CCNC(=NCc1nc(-c2ccccc2)cs1)NC1CC=CC1.I. The molecule has 0 radical (unpaired) electrons. The van der Waals surface area contributed by atoms with Gasteiger partial charge in [0.15, 0.2) is 5.96 Å². The minimum Gasteiger partial charge on any atom is -0.357 e. The summed E-state index contributed by atoms with van der Waals surface area (Å²) in [5.74, 6) is 0.873. The minimum atomic E-state index is 0. The van der Waals surface area contributed by atoms with E-state index in [4.69, 9.17) is 0 Å². The molecule has 1 aliphatic carbocycles. The van der Waals surface area contributed by atoms with Gasteiger partial charge in [-0.3, -0.25) is 0 Å². The van der Waals surface area contributed by atoms with Crippen LogP contribution in [-0.4, -0.2) is 23.5 Å². The van der Waals surface area contributed by atoms with Crippen molar-refractivity contribution < 1.29 is 0 Å². The van der Waals surface area contributed by atoms with Crippen molar-refractivity contribution >= 4 is 41.3 Å². The number of nitrogens with one attached hydrogen (secondary N) is 2. The molecule has 0 atom stereocenters. The lowest BCUT2D eigenvalue weighted by Crippen LogP contribution is -2.42. The maximum Gasteiger partial charge on any atom is 0.191 e. The molecule has 0 aliphatic heterocycles. The van der Waals surface area contributed by atoms with Crippen LogP contribution in [-0.2, 0) is 6.54 Å². The summed E-state index contributed by atoms with van der Waals surface area (Å²) < 4.78 is 0. The van der Waals surface area contributed by atoms with Crippen molar-refractivity contribution in [2.24, 2.45) is 4.99 Å². The number of nitrogens with zero attached hydrogens (tertiary/aromatic N) is 2. The number of halogens is 1. The number of aromatic nitrogens is 1. The summed E-state index contributed by atoms with van der Waals surface area (Å²) in [6, 6.07) is 10.7. The van der Waals surface area contributed by atoms with Crippen LogP contribution in [0.15, 0.2) is 52.9 Å². The molecule has 24 heavy (non-hydrogen) atoms. The molecule has 0 amide bonds. The fraction of sp³-hybridized carbons (Fsp3) is 0.333. The highest BCUT2D eigenvalue weighted by Gasteiger charge is 2.11. The van der Waals surface area contributed by atoms with E-state index in [0.29, 0.717) is 12.6 Å². The van der Waals surface area contributed by atoms with Gasteiger partial charge in [-0.25, -0.2) is 9.98 Å². The first-order chi connectivity index (χ1) is 11.3. The lowest BCUT2D eigenvalue weighted by molar-refractivity contribution is 0.633. The van der Waals surface area contributed by atoms with Gasteiger partial charge in [-0.1, -0.05) is 42.5 Å². The van der Waals surface area contributed by atoms with Gasteiger partial charge in [0, 0.05) is 23.5 Å². The summed E-state index contributed by atoms with van der Waals surface area (Å²) in [4.78, 5) is 9.36. The average Bonchev–Trinajstić information content (AvgIpc) is 3.25. The first-order valence-electron chi connectivity index (χ1n) is 8.05. The van der Waals surface area contributed by atoms with E-state index < -0.39 is 0 Å². The molecule has 4 nitrogen and oxygen atoms in total. The molecule has 0 saturated heterocycles. The quantitative estimate of drug-likeness (QED) is 0.308. The third-order valence-corrected chi connectivity index (χ3v) is 4.52. The highest BCUT2D eigenvalue weighted by atomic mass is 127. The van der Waals surface area contributed by atoms with Crippen LogP contribution in [0.2, 0.25) is 0 Å². The number of guanidine groups is 1. The van der Waals surface area contributed by atoms with Crippen molar-refractivity contribution in [3.8, 4) is 11.3 Å². The average molecular weight is 454 g/mol. The largest absolute Gasteiger partial charge is 0.357 e. The van der Waals surface area contributed by atoms with E-state index in [1.165, 1.54) is 0 Å². The van der Waals surface area contributed by atoms with E-state index in [9.17, 15) is 0 Å². The van der Waals surface area contributed by atoms with Crippen LogP contribution in [0.1, 0.15) is 24.8 Å². The zero-order chi connectivity index (χ0) is 15.9. The predicted octanol–water partition coefficient (Wildman–Crippen LogP) is 4.20. The first kappa shape index (κ1) is 18.9. The molecular formula is C18H23IN4S. The summed E-state index contributed by atoms with van der Waals surface area (Å²) in [5.41, 5.74) is 2.18. The zero-order valence-corrected chi connectivity index (χ0v) is 16.9. The molecule has 0 fully saturated rings. The fourth-order valence-electron chi connectivity index (χ4n) is 2.52. The topological polar surface area (TPSA) is 49.3 Å². The van der Waals surface area contributed by atoms with Crippen molar-refractivity contribution in [3.05, 3.63) is 52.9 Å². The third-order valence-electron chi connectivity index (χ3n) is 3.69. The minimum absolute atomic E-state index is 0. The Labute approximate surface area is 164 Å². The number of rotatable bonds is 5. The second kappa shape index (κ2) is 9.78. The maximum atomic E-state index is 4.69. The van der Waals surface area contributed by atoms with Gasteiger partial charge < -0.3 is 10.6 Å². The molecule has 0 bridgehead atoms. The monoisotopic (exact) mass is 454 g/mol. The van der Waals surface area contributed by atoms with Gasteiger partial charge in [0.1, 0.15) is 5.01 Å². The lowest BCUT2D eigenvalue weighted by atomic mass is 10.2. The Bertz CT molecular complexity index is 673. The molecule has 1 aliphatic rings. The second-order valence-corrected chi connectivity index (χ2v) is 6.41. The standard InChI is InChI=1S/C18H22N4S.HI/c1-2-19-18(21-15-10-6-7-11-15)20-12-17-22-16(13-23-17)14-8-4-3-5-9-14;/h3-9,13,15H,2,10-12H2,1H3,(H2,19,20,21);1H. The van der Waals surface area contributed by atoms with Crippen molar-refractivity contribution in [3.63, 3.8) is 0 Å². The molecular weight excluding hydrogens is 431 g/mol. The Kier molecular flexibility index (Phi) is 7.71. The van der Waals surface area contributed by atoms with Crippen LogP contribution in [0.4, 0.5) is 0 Å². The highest BCUT2D eigenvalue weighted by molar-refractivity contribution is 14.0. The Morgan fingerprint density at radius 3 is 2.71 bits per heavy atom. The van der Waals surface area contributed by atoms with E-state index in [1.807, 2.05) is 18.2 Å². The van der Waals surface area contributed by atoms with Gasteiger partial charge in [0.25, 0.3) is 0 Å². The number of thiazole rings is 1.